The van der Waals surface area contributed by atoms with Crippen LogP contribution in [0.1, 0.15) is 11.1 Å². The van der Waals surface area contributed by atoms with Crippen molar-refractivity contribution in [3.8, 4) is 28.5 Å². The van der Waals surface area contributed by atoms with Crippen molar-refractivity contribution in [2.45, 2.75) is 13.8 Å². The average molecular weight is 517 g/mol. The van der Waals surface area contributed by atoms with Crippen LogP contribution in [0.25, 0.3) is 28.5 Å². The second-order valence-electron chi connectivity index (χ2n) is 6.07. The fraction of sp³-hybridized carbons (Fsp3) is 0.0909. The molecule has 0 saturated heterocycles. The molecule has 0 bridgehead atoms. The summed E-state index contributed by atoms with van der Waals surface area (Å²) in [6, 6.07) is 27.6. The van der Waals surface area contributed by atoms with E-state index in [-0.39, 0.29) is 20.1 Å². The van der Waals surface area contributed by atoms with Crippen molar-refractivity contribution in [2.24, 2.45) is 0 Å². The summed E-state index contributed by atoms with van der Waals surface area (Å²) in [5.74, 6) is 1.64. The number of para-hydroxylation sites is 1. The fourth-order valence-electron chi connectivity index (χ4n) is 3.14. The van der Waals surface area contributed by atoms with Gasteiger partial charge in [0.05, 0.1) is 5.82 Å². The number of nitrogens with zero attached hydrogens (tertiary/aromatic N) is 3. The number of hydrogen-bond donors (Lipinski definition) is 0. The Labute approximate surface area is 167 Å². The smallest absolute Gasteiger partial charge is 0.159 e. The van der Waals surface area contributed by atoms with E-state index >= 15 is 0 Å². The Balaban J connectivity index is 0.00000196. The Hall–Kier alpha value is -2.55. The maximum Gasteiger partial charge on any atom is 0.159 e. The molecule has 0 aliphatic carbocycles. The molecule has 1 aromatic heterocycles. The van der Waals surface area contributed by atoms with Crippen LogP contribution in [0.15, 0.2) is 72.8 Å². The zero-order valence-electron chi connectivity index (χ0n) is 14.6. The largest absolute Gasteiger partial charge is 0.316 e. The molecule has 131 valence electrons. The van der Waals surface area contributed by atoms with Crippen molar-refractivity contribution < 1.29 is 20.1 Å². The fourth-order valence-corrected chi connectivity index (χ4v) is 3.14. The zero-order chi connectivity index (χ0) is 17.2. The van der Waals surface area contributed by atoms with E-state index < -0.39 is 0 Å². The van der Waals surface area contributed by atoms with Gasteiger partial charge in [-0.25, -0.2) is 0 Å². The van der Waals surface area contributed by atoms with Crippen molar-refractivity contribution >= 4 is 0 Å². The van der Waals surface area contributed by atoms with E-state index in [4.69, 9.17) is 0 Å². The first kappa shape index (κ1) is 18.2. The van der Waals surface area contributed by atoms with Crippen LogP contribution >= 0.6 is 0 Å². The van der Waals surface area contributed by atoms with Gasteiger partial charge in [0.25, 0.3) is 0 Å². The summed E-state index contributed by atoms with van der Waals surface area (Å²) in [5.41, 5.74) is 5.47. The molecular formula is C22H18IrN3-. The van der Waals surface area contributed by atoms with E-state index in [1.54, 1.807) is 0 Å². The minimum absolute atomic E-state index is 0. The molecule has 0 unspecified atom stereocenters. The molecule has 3 aromatic carbocycles. The van der Waals surface area contributed by atoms with Gasteiger partial charge in [-0.15, -0.1) is 41.0 Å². The topological polar surface area (TPSA) is 30.7 Å². The van der Waals surface area contributed by atoms with Crippen LogP contribution in [0.3, 0.4) is 0 Å². The molecule has 0 N–H and O–H groups in total. The van der Waals surface area contributed by atoms with Crippen molar-refractivity contribution in [1.82, 2.24) is 14.8 Å². The number of rotatable bonds is 3. The zero-order valence-corrected chi connectivity index (χ0v) is 17.0. The molecule has 26 heavy (non-hydrogen) atoms. The van der Waals surface area contributed by atoms with Crippen LogP contribution in [0.4, 0.5) is 0 Å². The van der Waals surface area contributed by atoms with E-state index in [0.717, 1.165) is 28.5 Å². The van der Waals surface area contributed by atoms with Gasteiger partial charge in [-0.3, -0.25) is 0 Å². The van der Waals surface area contributed by atoms with E-state index in [0.29, 0.717) is 0 Å². The predicted octanol–water partition coefficient (Wildman–Crippen LogP) is 5.02. The van der Waals surface area contributed by atoms with Crippen LogP contribution in [-0.2, 0) is 20.1 Å². The van der Waals surface area contributed by atoms with Gasteiger partial charge in [0, 0.05) is 31.4 Å². The van der Waals surface area contributed by atoms with Crippen molar-refractivity contribution in [3.63, 3.8) is 0 Å². The van der Waals surface area contributed by atoms with Crippen LogP contribution in [0, 0.1) is 19.9 Å². The van der Waals surface area contributed by atoms with Gasteiger partial charge in [-0.2, -0.15) is 5.10 Å². The molecule has 1 radical (unpaired) electrons. The summed E-state index contributed by atoms with van der Waals surface area (Å²) in [6.45, 7) is 4.24. The summed E-state index contributed by atoms with van der Waals surface area (Å²) in [6.07, 6.45) is 0. The molecular weight excluding hydrogens is 498 g/mol. The monoisotopic (exact) mass is 517 g/mol. The summed E-state index contributed by atoms with van der Waals surface area (Å²) in [4.78, 5) is 0. The molecule has 1 heterocycles. The molecule has 0 spiro atoms. The Morgan fingerprint density at radius 3 is 2.04 bits per heavy atom. The second kappa shape index (κ2) is 7.77. The third kappa shape index (κ3) is 3.26. The maximum absolute atomic E-state index is 4.51. The third-order valence-electron chi connectivity index (χ3n) is 4.31. The van der Waals surface area contributed by atoms with Gasteiger partial charge in [0.1, 0.15) is 0 Å². The van der Waals surface area contributed by atoms with Gasteiger partial charge in [0.2, 0.25) is 0 Å². The summed E-state index contributed by atoms with van der Waals surface area (Å²) in [7, 11) is 0. The van der Waals surface area contributed by atoms with Gasteiger partial charge < -0.3 is 4.57 Å². The summed E-state index contributed by atoms with van der Waals surface area (Å²) in [5, 5.41) is 9.02. The quantitative estimate of drug-likeness (QED) is 0.358. The Bertz CT molecular complexity index is 931. The maximum atomic E-state index is 4.51. The van der Waals surface area contributed by atoms with Crippen LogP contribution < -0.4 is 0 Å². The number of aryl methyl sites for hydroxylation is 2. The van der Waals surface area contributed by atoms with Crippen LogP contribution in [0.5, 0.6) is 0 Å². The SMILES string of the molecule is Cc1cccc(C)c1-n1c(-c2[c-]cccc2)nnc1-c1ccccc1.[Ir]. The molecule has 0 saturated carbocycles. The average Bonchev–Trinajstić information content (AvgIpc) is 3.08. The van der Waals surface area contributed by atoms with E-state index in [1.165, 1.54) is 11.1 Å². The molecule has 0 amide bonds. The van der Waals surface area contributed by atoms with Gasteiger partial charge in [-0.05, 0) is 25.0 Å². The minimum Gasteiger partial charge on any atom is -0.316 e. The number of aromatic nitrogens is 3. The minimum atomic E-state index is 0. The van der Waals surface area contributed by atoms with Crippen LogP contribution in [-0.4, -0.2) is 14.8 Å². The normalized spacial score (nSPS) is 10.4. The molecule has 0 atom stereocenters. The Morgan fingerprint density at radius 1 is 0.731 bits per heavy atom. The molecule has 4 heteroatoms. The second-order valence-corrected chi connectivity index (χ2v) is 6.07. The molecule has 3 nitrogen and oxygen atoms in total. The molecule has 4 aromatic rings. The van der Waals surface area contributed by atoms with E-state index in [9.17, 15) is 0 Å². The Morgan fingerprint density at radius 2 is 1.38 bits per heavy atom. The number of benzene rings is 3. The standard InChI is InChI=1S/C22H18N3.Ir/c1-16-10-9-11-17(2)20(16)25-21(18-12-5-3-6-13-18)23-24-22(25)19-14-7-4-8-15-19;/h3-14H,1-2H3;/q-1;. The van der Waals surface area contributed by atoms with Crippen molar-refractivity contribution in [1.29, 1.82) is 0 Å². The first-order valence-electron chi connectivity index (χ1n) is 8.30. The van der Waals surface area contributed by atoms with E-state index in [2.05, 4.69) is 65.0 Å². The summed E-state index contributed by atoms with van der Waals surface area (Å²) < 4.78 is 2.14. The van der Waals surface area contributed by atoms with Crippen LogP contribution in [0.2, 0.25) is 0 Å². The molecule has 0 aliphatic heterocycles. The Kier molecular flexibility index (Phi) is 5.46. The van der Waals surface area contributed by atoms with Gasteiger partial charge >= 0.3 is 0 Å². The molecule has 4 rings (SSSR count). The van der Waals surface area contributed by atoms with Gasteiger partial charge in [-0.1, -0.05) is 48.5 Å². The third-order valence-corrected chi connectivity index (χ3v) is 4.31. The number of hydrogen-bond acceptors (Lipinski definition) is 2. The van der Waals surface area contributed by atoms with Crippen molar-refractivity contribution in [2.75, 3.05) is 0 Å². The first-order valence-corrected chi connectivity index (χ1v) is 8.30. The van der Waals surface area contributed by atoms with Crippen molar-refractivity contribution in [3.05, 3.63) is 90.0 Å². The predicted molar refractivity (Wildman–Crippen MR) is 101 cm³/mol. The molecule has 0 fully saturated rings. The first-order chi connectivity index (χ1) is 12.3. The van der Waals surface area contributed by atoms with Gasteiger partial charge in [0.15, 0.2) is 5.82 Å². The summed E-state index contributed by atoms with van der Waals surface area (Å²) >= 11 is 0. The molecule has 0 aliphatic rings. The van der Waals surface area contributed by atoms with E-state index in [1.807, 2.05) is 42.5 Å².